The van der Waals surface area contributed by atoms with Gasteiger partial charge in [0.1, 0.15) is 0 Å². The molecule has 0 saturated heterocycles. The fourth-order valence-electron chi connectivity index (χ4n) is 2.63. The van der Waals surface area contributed by atoms with Crippen LogP contribution >= 0.6 is 0 Å². The topological polar surface area (TPSA) is 9.23 Å². The summed E-state index contributed by atoms with van der Waals surface area (Å²) in [5.74, 6) is -115. The third-order valence-corrected chi connectivity index (χ3v) is 5.59. The lowest BCUT2D eigenvalue weighted by Gasteiger charge is -2.38. The van der Waals surface area contributed by atoms with Gasteiger partial charge in [-0.05, 0) is 0 Å². The van der Waals surface area contributed by atoms with Crippen molar-refractivity contribution in [2.75, 3.05) is 0 Å². The van der Waals surface area contributed by atoms with Gasteiger partial charge in [-0.2, -0.15) is 132 Å². The van der Waals surface area contributed by atoms with Crippen LogP contribution in [0.4, 0.5) is 149 Å². The van der Waals surface area contributed by atoms with E-state index in [1.54, 1.807) is 0 Å². The Hall–Kier alpha value is -2.94. The maximum atomic E-state index is 14.4. The zero-order valence-corrected chi connectivity index (χ0v) is 22.3. The van der Waals surface area contributed by atoms with E-state index in [2.05, 4.69) is 0 Å². The minimum atomic E-state index is -9.17. The van der Waals surface area contributed by atoms with Crippen LogP contribution in [0.5, 0.6) is 0 Å². The second kappa shape index (κ2) is 12.8. The molecule has 0 aliphatic carbocycles. The highest BCUT2D eigenvalue weighted by molar-refractivity contribution is 5.28. The molecule has 0 aliphatic rings. The molecule has 0 bridgehead atoms. The fourth-order valence-corrected chi connectivity index (χ4v) is 2.63. The molecule has 0 spiro atoms. The molecule has 0 heterocycles. The third-order valence-electron chi connectivity index (χ3n) is 5.59. The van der Waals surface area contributed by atoms with Crippen molar-refractivity contribution in [2.45, 2.75) is 83.8 Å². The average molecular weight is 878 g/mol. The molecule has 53 heavy (non-hydrogen) atoms. The van der Waals surface area contributed by atoms with Crippen LogP contribution in [0.1, 0.15) is 0 Å². The summed E-state index contributed by atoms with van der Waals surface area (Å²) in [7, 11) is 0. The lowest BCUT2D eigenvalue weighted by molar-refractivity contribution is -0.425. The van der Waals surface area contributed by atoms with Crippen LogP contribution in [0.2, 0.25) is 0 Å². The lowest BCUT2D eigenvalue weighted by atomic mass is 9.95. The zero-order valence-electron chi connectivity index (χ0n) is 22.3. The first kappa shape index (κ1) is 50.1. The van der Waals surface area contributed by atoms with Gasteiger partial charge in [0.2, 0.25) is 23.3 Å². The molecule has 1 nitrogen and oxygen atoms in total. The van der Waals surface area contributed by atoms with E-state index in [1.165, 1.54) is 0 Å². The summed E-state index contributed by atoms with van der Waals surface area (Å²) in [5, 5.41) is 0. The molecular weight excluding hydrogens is 878 g/mol. The first-order valence-corrected chi connectivity index (χ1v) is 10.8. The van der Waals surface area contributed by atoms with Crippen LogP contribution in [0.15, 0.2) is 23.3 Å². The van der Waals surface area contributed by atoms with Crippen molar-refractivity contribution in [3.05, 3.63) is 23.3 Å². The molecule has 0 rings (SSSR count). The van der Waals surface area contributed by atoms with Crippen LogP contribution in [0.25, 0.3) is 0 Å². The summed E-state index contributed by atoms with van der Waals surface area (Å²) in [6, 6.07) is 0. The zero-order chi connectivity index (χ0) is 44.0. The number of rotatable bonds is 12. The largest absolute Gasteiger partial charge is 0.460 e. The summed E-state index contributed by atoms with van der Waals surface area (Å²) in [6.45, 7) is 0. The van der Waals surface area contributed by atoms with Crippen LogP contribution < -0.4 is 0 Å². The Bertz CT molecular complexity index is 1310. The number of ether oxygens (including phenoxy) is 1. The van der Waals surface area contributed by atoms with E-state index < -0.39 is 107 Å². The number of hydrogen-bond acceptors (Lipinski definition) is 1. The number of allylic oxidation sites excluding steroid dienone is 2. The van der Waals surface area contributed by atoms with Crippen LogP contribution in [-0.4, -0.2) is 83.8 Å². The Morgan fingerprint density at radius 1 is 0.226 bits per heavy atom. The third kappa shape index (κ3) is 6.95. The minimum absolute atomic E-state index is 1.03. The highest BCUT2D eigenvalue weighted by Crippen LogP contribution is 2.63. The molecule has 0 radical (unpaired) electrons. The van der Waals surface area contributed by atoms with E-state index in [0.29, 0.717) is 0 Å². The maximum Gasteiger partial charge on any atom is 0.460 e. The van der Waals surface area contributed by atoms with Crippen molar-refractivity contribution in [3.63, 3.8) is 0 Å². The lowest BCUT2D eigenvalue weighted by Crippen LogP contribution is -2.67. The second-order valence-electron chi connectivity index (χ2n) is 9.13. The summed E-state index contributed by atoms with van der Waals surface area (Å²) in [4.78, 5) is 0. The SMILES string of the molecule is FC(=C(F)C(F)(OC(F)(C(F)=C(F)C(F)(F)C(F)(F)C(F)(F)C(F)(F)C(F)(F)F)C(F)(F)F)C(F)(F)F)C(F)(F)C(F)(F)C(F)(F)C(F)(F)C(F)(F)F. The molecule has 35 heteroatoms. The van der Waals surface area contributed by atoms with Crippen LogP contribution in [0.3, 0.4) is 0 Å². The molecule has 2 atom stereocenters. The maximum absolute atomic E-state index is 14.4. The van der Waals surface area contributed by atoms with E-state index >= 15 is 0 Å². The van der Waals surface area contributed by atoms with Crippen molar-refractivity contribution in [1.82, 2.24) is 0 Å². The normalized spacial score (nSPS) is 19.4. The Morgan fingerprint density at radius 2 is 0.415 bits per heavy atom. The van der Waals surface area contributed by atoms with Crippen molar-refractivity contribution in [1.29, 1.82) is 0 Å². The van der Waals surface area contributed by atoms with Gasteiger partial charge in [-0.1, -0.05) is 0 Å². The monoisotopic (exact) mass is 878 g/mol. The Balaban J connectivity index is 8.13. The summed E-state index contributed by atoms with van der Waals surface area (Å²) < 4.78 is 449. The van der Waals surface area contributed by atoms with E-state index in [0.717, 1.165) is 4.74 Å². The van der Waals surface area contributed by atoms with Crippen molar-refractivity contribution >= 4 is 0 Å². The van der Waals surface area contributed by atoms with E-state index in [1.807, 2.05) is 0 Å². The predicted molar refractivity (Wildman–Crippen MR) is 91.0 cm³/mol. The molecule has 0 fully saturated rings. The summed E-state index contributed by atoms with van der Waals surface area (Å²) in [5.41, 5.74) is 0. The van der Waals surface area contributed by atoms with Gasteiger partial charge < -0.3 is 0 Å². The molecule has 316 valence electrons. The number of alkyl halides is 30. The Labute approximate surface area is 262 Å². The molecule has 0 aromatic rings. The van der Waals surface area contributed by atoms with Gasteiger partial charge in [-0.15, -0.1) is 0 Å². The van der Waals surface area contributed by atoms with Gasteiger partial charge in [0, 0.05) is 0 Å². The fraction of sp³-hybridized carbons (Fsp3) is 0.778. The molecule has 0 aliphatic heterocycles. The van der Waals surface area contributed by atoms with Crippen LogP contribution in [0, 0.1) is 0 Å². The van der Waals surface area contributed by atoms with Gasteiger partial charge in [-0.25, -0.2) is 17.6 Å². The second-order valence-corrected chi connectivity index (χ2v) is 9.13. The molecule has 0 amide bonds. The van der Waals surface area contributed by atoms with Crippen molar-refractivity contribution in [2.24, 2.45) is 0 Å². The quantitative estimate of drug-likeness (QED) is 0.178. The first-order chi connectivity index (χ1) is 22.3. The number of halogens is 34. The highest BCUT2D eigenvalue weighted by Gasteiger charge is 2.90. The minimum Gasteiger partial charge on any atom is -0.282 e. The van der Waals surface area contributed by atoms with Gasteiger partial charge in [0.25, 0.3) is 0 Å². The Morgan fingerprint density at radius 3 is 0.566 bits per heavy atom. The summed E-state index contributed by atoms with van der Waals surface area (Å²) >= 11 is 0. The predicted octanol–water partition coefficient (Wildman–Crippen LogP) is 12.0. The molecule has 0 aromatic heterocycles. The first-order valence-electron chi connectivity index (χ1n) is 10.8. The van der Waals surface area contributed by atoms with Gasteiger partial charge >= 0.3 is 83.8 Å². The van der Waals surface area contributed by atoms with Gasteiger partial charge in [0.05, 0.1) is 0 Å². The van der Waals surface area contributed by atoms with Crippen molar-refractivity contribution < 1.29 is 154 Å². The molecule has 0 N–H and O–H groups in total. The molecule has 2 unspecified atom stereocenters. The van der Waals surface area contributed by atoms with Crippen LogP contribution in [-0.2, 0) is 4.74 Å². The molecular formula is C18F34O. The molecule has 0 aromatic carbocycles. The summed E-state index contributed by atoms with van der Waals surface area (Å²) in [6.07, 6.45) is -34.0. The van der Waals surface area contributed by atoms with E-state index in [9.17, 15) is 149 Å². The van der Waals surface area contributed by atoms with Crippen molar-refractivity contribution in [3.8, 4) is 0 Å². The van der Waals surface area contributed by atoms with Gasteiger partial charge in [0.15, 0.2) is 0 Å². The number of hydrogen-bond donors (Lipinski definition) is 0. The smallest absolute Gasteiger partial charge is 0.282 e. The van der Waals surface area contributed by atoms with E-state index in [4.69, 9.17) is 0 Å². The van der Waals surface area contributed by atoms with Gasteiger partial charge in [-0.3, -0.25) is 4.74 Å². The van der Waals surface area contributed by atoms with E-state index in [-0.39, 0.29) is 0 Å². The molecule has 0 saturated carbocycles. The Kier molecular flexibility index (Phi) is 12.1. The average Bonchev–Trinajstić information content (AvgIpc) is 2.91. The highest BCUT2D eigenvalue weighted by atomic mass is 19.5. The standard InChI is InChI=1S/C18F34O/c19-1(5(23,24)9(29,30)11(33,34)13(37,38)17(47,48)49)3(21)7(27,15(41,42)43)53-8(28,16(44,45)46)4(22)2(20)6(25,26)10(31,32)12(35,36)14(39,40)18(50,51)52.